The van der Waals surface area contributed by atoms with Crippen LogP contribution < -0.4 is 10.4 Å². The van der Waals surface area contributed by atoms with Crippen molar-refractivity contribution in [3.05, 3.63) is 51.5 Å². The van der Waals surface area contributed by atoms with Crippen molar-refractivity contribution < 1.29 is 14.7 Å². The summed E-state index contributed by atoms with van der Waals surface area (Å²) in [5.41, 5.74) is 1.55. The number of benzene rings is 1. The summed E-state index contributed by atoms with van der Waals surface area (Å²) in [4.78, 5) is 26.8. The molecule has 0 fully saturated rings. The fourth-order valence-electron chi connectivity index (χ4n) is 1.91. The number of nitrogens with zero attached hydrogens (tertiary/aromatic N) is 1. The summed E-state index contributed by atoms with van der Waals surface area (Å²) < 4.78 is 0. The summed E-state index contributed by atoms with van der Waals surface area (Å²) in [5.74, 6) is -1.41. The van der Waals surface area contributed by atoms with Crippen molar-refractivity contribution in [3.63, 3.8) is 0 Å². The molecule has 2 rings (SSSR count). The maximum absolute atomic E-state index is 11.8. The molecular weight excluding hydrogens is 288 g/mol. The summed E-state index contributed by atoms with van der Waals surface area (Å²) in [6.07, 6.45) is 0.849. The van der Waals surface area contributed by atoms with E-state index < -0.39 is 5.97 Å². The van der Waals surface area contributed by atoms with E-state index in [9.17, 15) is 14.7 Å². The van der Waals surface area contributed by atoms with Gasteiger partial charge in [-0.2, -0.15) is 0 Å². The summed E-state index contributed by atoms with van der Waals surface area (Å²) in [5, 5.41) is 14.1. The van der Waals surface area contributed by atoms with Gasteiger partial charge in [0.25, 0.3) is 0 Å². The van der Waals surface area contributed by atoms with Gasteiger partial charge >= 0.3 is 0 Å². The van der Waals surface area contributed by atoms with Gasteiger partial charge in [-0.25, -0.2) is 4.98 Å². The third-order valence-electron chi connectivity index (χ3n) is 2.92. The number of aromatic carboxylic acids is 1. The van der Waals surface area contributed by atoms with E-state index in [4.69, 9.17) is 0 Å². The van der Waals surface area contributed by atoms with E-state index in [1.807, 2.05) is 30.3 Å². The molecule has 0 radical (unpaired) electrons. The van der Waals surface area contributed by atoms with Crippen LogP contribution >= 0.6 is 11.3 Å². The first-order valence-electron chi connectivity index (χ1n) is 6.54. The van der Waals surface area contributed by atoms with Crippen molar-refractivity contribution in [2.45, 2.75) is 19.8 Å². The van der Waals surface area contributed by atoms with Crippen molar-refractivity contribution in [1.82, 2.24) is 10.3 Å². The molecule has 6 heteroatoms. The molecule has 21 heavy (non-hydrogen) atoms. The van der Waals surface area contributed by atoms with Crippen LogP contribution in [-0.4, -0.2) is 23.4 Å². The molecular formula is C15H15N2O3S-. The highest BCUT2D eigenvalue weighted by Crippen LogP contribution is 2.17. The lowest BCUT2D eigenvalue weighted by atomic mass is 10.1. The Morgan fingerprint density at radius 2 is 2.00 bits per heavy atom. The van der Waals surface area contributed by atoms with Crippen LogP contribution in [0.2, 0.25) is 0 Å². The van der Waals surface area contributed by atoms with Crippen LogP contribution in [0.3, 0.4) is 0 Å². The Balaban J connectivity index is 1.82. The molecule has 0 aliphatic heterocycles. The molecule has 0 saturated heterocycles. The Bertz CT molecular complexity index is 638. The molecule has 0 atom stereocenters. The number of amides is 1. The quantitative estimate of drug-likeness (QED) is 0.852. The number of carboxylic acid groups (broad SMARTS) is 1. The van der Waals surface area contributed by atoms with Crippen molar-refractivity contribution in [2.75, 3.05) is 6.54 Å². The average Bonchev–Trinajstić information content (AvgIpc) is 2.81. The van der Waals surface area contributed by atoms with Crippen molar-refractivity contribution >= 4 is 23.2 Å². The van der Waals surface area contributed by atoms with E-state index in [0.29, 0.717) is 17.2 Å². The number of carbonyl (C=O) groups is 2. The van der Waals surface area contributed by atoms with Crippen molar-refractivity contribution in [2.24, 2.45) is 0 Å². The lowest BCUT2D eigenvalue weighted by molar-refractivity contribution is -0.254. The second-order valence-corrected chi connectivity index (χ2v) is 5.66. The average molecular weight is 303 g/mol. The van der Waals surface area contributed by atoms with E-state index in [1.165, 1.54) is 0 Å². The Morgan fingerprint density at radius 1 is 1.29 bits per heavy atom. The number of rotatable bonds is 6. The van der Waals surface area contributed by atoms with E-state index in [0.717, 1.165) is 23.3 Å². The second kappa shape index (κ2) is 6.99. The maximum Gasteiger partial charge on any atom is 0.226 e. The number of carbonyl (C=O) groups excluding carboxylic acids is 2. The molecule has 0 aliphatic rings. The second-order valence-electron chi connectivity index (χ2n) is 4.57. The molecule has 1 N–H and O–H groups in total. The van der Waals surface area contributed by atoms with E-state index in [2.05, 4.69) is 10.3 Å². The van der Waals surface area contributed by atoms with Crippen LogP contribution in [0, 0.1) is 6.92 Å². The minimum atomic E-state index is -1.25. The Kier molecular flexibility index (Phi) is 5.05. The molecule has 0 bridgehead atoms. The molecule has 110 valence electrons. The number of hydrogen-bond acceptors (Lipinski definition) is 5. The number of nitrogens with one attached hydrogen (secondary N) is 1. The van der Waals surface area contributed by atoms with Crippen LogP contribution in [0.15, 0.2) is 30.3 Å². The lowest BCUT2D eigenvalue weighted by Crippen LogP contribution is -2.27. The first-order chi connectivity index (χ1) is 10.1. The van der Waals surface area contributed by atoms with E-state index in [1.54, 1.807) is 6.92 Å². The summed E-state index contributed by atoms with van der Waals surface area (Å²) >= 11 is 0.992. The fourth-order valence-corrected chi connectivity index (χ4v) is 2.81. The minimum Gasteiger partial charge on any atom is -0.544 e. The predicted octanol–water partition coefficient (Wildman–Crippen LogP) is 0.716. The lowest BCUT2D eigenvalue weighted by Gasteiger charge is -2.04. The number of carboxylic acids is 1. The Labute approximate surface area is 126 Å². The van der Waals surface area contributed by atoms with Gasteiger partial charge < -0.3 is 15.2 Å². The molecule has 1 heterocycles. The van der Waals surface area contributed by atoms with Gasteiger partial charge in [-0.05, 0) is 18.9 Å². The molecule has 1 aromatic heterocycles. The highest BCUT2D eigenvalue weighted by atomic mass is 32.1. The van der Waals surface area contributed by atoms with Crippen LogP contribution in [0.25, 0.3) is 0 Å². The van der Waals surface area contributed by atoms with Crippen LogP contribution in [0.4, 0.5) is 0 Å². The minimum absolute atomic E-state index is 0.0853. The smallest absolute Gasteiger partial charge is 0.226 e. The normalized spacial score (nSPS) is 10.3. The summed E-state index contributed by atoms with van der Waals surface area (Å²) in [6, 6.07) is 9.86. The molecule has 0 spiro atoms. The van der Waals surface area contributed by atoms with Gasteiger partial charge in [0.2, 0.25) is 5.91 Å². The summed E-state index contributed by atoms with van der Waals surface area (Å²) in [7, 11) is 0. The van der Waals surface area contributed by atoms with Gasteiger partial charge in [0, 0.05) is 6.54 Å². The molecule has 1 amide bonds. The summed E-state index contributed by atoms with van der Waals surface area (Å²) in [6.45, 7) is 2.14. The zero-order valence-corrected chi connectivity index (χ0v) is 12.4. The molecule has 2 aromatic rings. The standard InChI is InChI=1S/C15H16N2O3S/c1-10-14(15(19)20)21-13(17-10)9-12(18)16-8-7-11-5-3-2-4-6-11/h2-6H,7-9H2,1H3,(H,16,18)(H,19,20)/p-1. The highest BCUT2D eigenvalue weighted by molar-refractivity contribution is 7.13. The zero-order valence-electron chi connectivity index (χ0n) is 11.6. The molecule has 1 aromatic carbocycles. The highest BCUT2D eigenvalue weighted by Gasteiger charge is 2.11. The van der Waals surface area contributed by atoms with Crippen molar-refractivity contribution in [1.29, 1.82) is 0 Å². The van der Waals surface area contributed by atoms with E-state index >= 15 is 0 Å². The number of thiazole rings is 1. The van der Waals surface area contributed by atoms with Crippen LogP contribution in [-0.2, 0) is 17.6 Å². The van der Waals surface area contributed by atoms with Gasteiger partial charge in [0.15, 0.2) is 0 Å². The Morgan fingerprint density at radius 3 is 2.62 bits per heavy atom. The number of hydrogen-bond donors (Lipinski definition) is 1. The topological polar surface area (TPSA) is 82.1 Å². The third kappa shape index (κ3) is 4.39. The van der Waals surface area contributed by atoms with Gasteiger partial charge in [-0.15, -0.1) is 11.3 Å². The maximum atomic E-state index is 11.8. The van der Waals surface area contributed by atoms with Crippen LogP contribution in [0.1, 0.15) is 25.9 Å². The number of aromatic nitrogens is 1. The third-order valence-corrected chi connectivity index (χ3v) is 4.05. The monoisotopic (exact) mass is 303 g/mol. The first kappa shape index (κ1) is 15.2. The predicted molar refractivity (Wildman–Crippen MR) is 78.0 cm³/mol. The van der Waals surface area contributed by atoms with Gasteiger partial charge in [-0.3, -0.25) is 4.79 Å². The first-order valence-corrected chi connectivity index (χ1v) is 7.36. The Hall–Kier alpha value is -2.21. The van der Waals surface area contributed by atoms with Gasteiger partial charge in [0.05, 0.1) is 23.0 Å². The SMILES string of the molecule is Cc1nc(CC(=O)NCCc2ccccc2)sc1C(=O)[O-]. The number of aryl methyl sites for hydroxylation is 1. The molecule has 0 unspecified atom stereocenters. The van der Waals surface area contributed by atoms with Crippen LogP contribution in [0.5, 0.6) is 0 Å². The largest absolute Gasteiger partial charge is 0.544 e. The molecule has 0 aliphatic carbocycles. The molecule has 5 nitrogen and oxygen atoms in total. The zero-order chi connectivity index (χ0) is 15.2. The fraction of sp³-hybridized carbons (Fsp3) is 0.267. The van der Waals surface area contributed by atoms with E-state index in [-0.39, 0.29) is 17.2 Å². The van der Waals surface area contributed by atoms with Crippen molar-refractivity contribution in [3.8, 4) is 0 Å². The van der Waals surface area contributed by atoms with Gasteiger partial charge in [-0.1, -0.05) is 30.3 Å². The van der Waals surface area contributed by atoms with Gasteiger partial charge in [0.1, 0.15) is 5.01 Å². The molecule has 0 saturated carbocycles.